The molecular formula is C33H41N3O5S2. The Morgan fingerprint density at radius 1 is 1.26 bits per heavy atom. The molecule has 43 heavy (non-hydrogen) atoms. The molecule has 10 heteroatoms. The number of benzene rings is 1. The number of thiophene rings is 1. The summed E-state index contributed by atoms with van der Waals surface area (Å²) in [7, 11) is 2.04. The van der Waals surface area contributed by atoms with E-state index in [1.54, 1.807) is 16.2 Å². The van der Waals surface area contributed by atoms with Crippen LogP contribution in [0.4, 0.5) is 0 Å². The highest BCUT2D eigenvalue weighted by atomic mass is 32.2. The van der Waals surface area contributed by atoms with E-state index in [4.69, 9.17) is 17.4 Å². The van der Waals surface area contributed by atoms with Gasteiger partial charge in [0.2, 0.25) is 17.5 Å². The van der Waals surface area contributed by atoms with Gasteiger partial charge >= 0.3 is 0 Å². The Morgan fingerprint density at radius 2 is 2.02 bits per heavy atom. The summed E-state index contributed by atoms with van der Waals surface area (Å²) in [6.07, 6.45) is 4.67. The fraction of sp³-hybridized carbons (Fsp3) is 0.606. The number of carbonyl (C=O) groups is 3. The minimum atomic E-state index is -1.84. The number of hydrogen-bond donors (Lipinski definition) is 3. The zero-order chi connectivity index (χ0) is 30.6. The van der Waals surface area contributed by atoms with Crippen LogP contribution in [0.1, 0.15) is 58.1 Å². The third kappa shape index (κ3) is 4.16. The van der Waals surface area contributed by atoms with Gasteiger partial charge in [0.15, 0.2) is 11.6 Å². The smallest absolute Gasteiger partial charge is 0.230 e. The van der Waals surface area contributed by atoms with Crippen LogP contribution in [0.25, 0.3) is 15.7 Å². The summed E-state index contributed by atoms with van der Waals surface area (Å²) in [5.74, 6) is -5.17. The molecule has 1 aliphatic carbocycles. The van der Waals surface area contributed by atoms with Crippen LogP contribution in [-0.2, 0) is 25.5 Å². The first-order valence-electron chi connectivity index (χ1n) is 15.6. The maximum Gasteiger partial charge on any atom is 0.230 e. The predicted molar refractivity (Wildman–Crippen MR) is 169 cm³/mol. The summed E-state index contributed by atoms with van der Waals surface area (Å²) in [4.78, 5) is 46.3. The van der Waals surface area contributed by atoms with Crippen LogP contribution in [0, 0.1) is 29.6 Å². The van der Waals surface area contributed by atoms with Gasteiger partial charge < -0.3 is 20.1 Å². The van der Waals surface area contributed by atoms with Crippen molar-refractivity contribution >= 4 is 57.2 Å². The number of hydrogen-bond acceptors (Lipinski definition) is 8. The van der Waals surface area contributed by atoms with Gasteiger partial charge in [-0.25, -0.2) is 0 Å². The minimum absolute atomic E-state index is 0.0815. The lowest BCUT2D eigenvalue weighted by molar-refractivity contribution is -0.290. The number of Topliss-reactive ketones (excluding diaryl/α,β-unsaturated/α-hetero) is 1. The molecule has 2 amide bonds. The number of ketones is 1. The predicted octanol–water partition coefficient (Wildman–Crippen LogP) is 4.10. The van der Waals surface area contributed by atoms with Crippen LogP contribution < -0.4 is 5.32 Å². The van der Waals surface area contributed by atoms with Crippen LogP contribution in [0.15, 0.2) is 28.5 Å². The Kier molecular flexibility index (Phi) is 6.95. The van der Waals surface area contributed by atoms with Crippen molar-refractivity contribution in [2.45, 2.75) is 81.2 Å². The van der Waals surface area contributed by atoms with Gasteiger partial charge in [-0.3, -0.25) is 19.3 Å². The second-order valence-electron chi connectivity index (χ2n) is 14.0. The standard InChI is InChI=1S/C33H41N3O5S2/c1-16(2)12-22-27-28(37)32(17(3)4,41-33(27,40)25-10-7-11-36(25)30(22)39)34-29(38)18-13-20-19-8-6-9-24-26(19)21(31(42)43-24)14-23(20)35(5)15-18/h6,8-9,13,16-18,22-23,25,27,40,42H,7,10-12,14-15H2,1-5H3,(H,34,38)/t18-,22?,23-,25+,27?,32-,33+/m1/s1. The Morgan fingerprint density at radius 3 is 2.74 bits per heavy atom. The molecule has 0 spiro atoms. The van der Waals surface area contributed by atoms with Crippen molar-refractivity contribution in [3.63, 3.8) is 0 Å². The maximum atomic E-state index is 14.5. The van der Waals surface area contributed by atoms with E-state index in [1.807, 2.05) is 34.7 Å². The zero-order valence-corrected chi connectivity index (χ0v) is 27.1. The van der Waals surface area contributed by atoms with E-state index >= 15 is 0 Å². The molecule has 3 fully saturated rings. The number of amides is 2. The number of nitrogens with one attached hydrogen (secondary N) is 1. The van der Waals surface area contributed by atoms with E-state index < -0.39 is 41.2 Å². The number of piperidine rings is 1. The van der Waals surface area contributed by atoms with Crippen LogP contribution in [0.5, 0.6) is 0 Å². The zero-order valence-electron chi connectivity index (χ0n) is 25.4. The highest BCUT2D eigenvalue weighted by molar-refractivity contribution is 7.83. The van der Waals surface area contributed by atoms with Crippen molar-refractivity contribution in [3.05, 3.63) is 35.4 Å². The van der Waals surface area contributed by atoms with Gasteiger partial charge in [-0.1, -0.05) is 45.9 Å². The summed E-state index contributed by atoms with van der Waals surface area (Å²) in [6, 6.07) is 5.83. The van der Waals surface area contributed by atoms with Gasteiger partial charge in [-0.15, -0.1) is 24.0 Å². The van der Waals surface area contributed by atoms with E-state index in [0.717, 1.165) is 28.2 Å². The molecule has 3 saturated heterocycles. The number of rotatable bonds is 5. The monoisotopic (exact) mass is 623 g/mol. The third-order valence-electron chi connectivity index (χ3n) is 10.6. The quantitative estimate of drug-likeness (QED) is 0.434. The van der Waals surface area contributed by atoms with E-state index in [2.05, 4.69) is 34.5 Å². The average Bonchev–Trinajstić information content (AvgIpc) is 3.63. The fourth-order valence-corrected chi connectivity index (χ4v) is 10.1. The maximum absolute atomic E-state index is 14.5. The molecule has 2 unspecified atom stereocenters. The number of ether oxygens (including phenoxy) is 1. The normalized spacial score (nSPS) is 35.4. The molecule has 5 heterocycles. The first kappa shape index (κ1) is 29.5. The van der Waals surface area contributed by atoms with Crippen LogP contribution in [-0.4, -0.2) is 76.2 Å². The molecule has 2 aromatic rings. The summed E-state index contributed by atoms with van der Waals surface area (Å²) >= 11 is 6.46. The molecule has 0 radical (unpaired) electrons. The van der Waals surface area contributed by atoms with Gasteiger partial charge in [0.25, 0.3) is 0 Å². The Balaban J connectivity index is 1.25. The number of likely N-dealkylation sites (N-methyl/N-ethyl adjacent to an activating group) is 1. The molecule has 7 atom stereocenters. The summed E-state index contributed by atoms with van der Waals surface area (Å²) in [5, 5.41) is 16.5. The van der Waals surface area contributed by atoms with Crippen LogP contribution >= 0.6 is 24.0 Å². The lowest BCUT2D eigenvalue weighted by Gasteiger charge is -2.47. The molecule has 7 rings (SSSR count). The number of thiol groups is 1. The largest absolute Gasteiger partial charge is 0.363 e. The molecule has 5 aliphatic rings. The summed E-state index contributed by atoms with van der Waals surface area (Å²) in [6.45, 7) is 8.73. The molecule has 230 valence electrons. The molecular weight excluding hydrogens is 583 g/mol. The lowest BCUT2D eigenvalue weighted by Crippen LogP contribution is -2.64. The van der Waals surface area contributed by atoms with E-state index in [9.17, 15) is 19.5 Å². The van der Waals surface area contributed by atoms with Crippen molar-refractivity contribution in [2.24, 2.45) is 29.6 Å². The lowest BCUT2D eigenvalue weighted by atomic mass is 9.70. The summed E-state index contributed by atoms with van der Waals surface area (Å²) in [5.41, 5.74) is 1.79. The van der Waals surface area contributed by atoms with E-state index in [0.29, 0.717) is 25.9 Å². The molecule has 0 saturated carbocycles. The molecule has 0 bridgehead atoms. The second kappa shape index (κ2) is 10.1. The first-order chi connectivity index (χ1) is 20.4. The molecule has 1 aromatic heterocycles. The number of carbonyl (C=O) groups excluding carboxylic acids is 3. The van der Waals surface area contributed by atoms with Crippen molar-refractivity contribution in [2.75, 3.05) is 20.1 Å². The number of fused-ring (bicyclic) bond motifs is 5. The van der Waals surface area contributed by atoms with E-state index in [-0.39, 0.29) is 29.6 Å². The van der Waals surface area contributed by atoms with Crippen molar-refractivity contribution in [1.29, 1.82) is 0 Å². The van der Waals surface area contributed by atoms with Gasteiger partial charge in [-0.05, 0) is 61.4 Å². The van der Waals surface area contributed by atoms with Gasteiger partial charge in [0.05, 0.1) is 28.0 Å². The number of aliphatic hydroxyl groups is 1. The van der Waals surface area contributed by atoms with Crippen LogP contribution in [0.3, 0.4) is 0 Å². The van der Waals surface area contributed by atoms with Crippen molar-refractivity contribution in [3.8, 4) is 0 Å². The summed E-state index contributed by atoms with van der Waals surface area (Å²) < 4.78 is 8.75. The van der Waals surface area contributed by atoms with Gasteiger partial charge in [0.1, 0.15) is 0 Å². The second-order valence-corrected chi connectivity index (χ2v) is 15.8. The van der Waals surface area contributed by atoms with Crippen LogP contribution in [0.2, 0.25) is 0 Å². The van der Waals surface area contributed by atoms with Gasteiger partial charge in [0, 0.05) is 35.1 Å². The number of nitrogens with zero attached hydrogens (tertiary/aromatic N) is 2. The Hall–Kier alpha value is -2.24. The average molecular weight is 624 g/mol. The fourth-order valence-electron chi connectivity index (χ4n) is 8.58. The Bertz CT molecular complexity index is 1570. The van der Waals surface area contributed by atoms with Crippen molar-refractivity contribution < 1.29 is 24.2 Å². The molecule has 4 aliphatic heterocycles. The highest BCUT2D eigenvalue weighted by Gasteiger charge is 2.73. The SMILES string of the molecule is CC(C)CC1C(=O)N2CCC[C@H]2[C@]2(O)O[C@](NC(=O)[C@@H]3C=C4c5cccc6sc(S)c(c56)C[C@H]4N(C)C3)(C(C)C)C(=O)C12. The molecule has 8 nitrogen and oxygen atoms in total. The highest BCUT2D eigenvalue weighted by Crippen LogP contribution is 2.54. The minimum Gasteiger partial charge on any atom is -0.363 e. The van der Waals surface area contributed by atoms with Crippen molar-refractivity contribution in [1.82, 2.24) is 15.1 Å². The third-order valence-corrected chi connectivity index (χ3v) is 12.1. The molecule has 1 aromatic carbocycles. The van der Waals surface area contributed by atoms with Gasteiger partial charge in [-0.2, -0.15) is 0 Å². The Labute approximate surface area is 262 Å². The first-order valence-corrected chi connectivity index (χ1v) is 16.9. The molecule has 2 N–H and O–H groups in total. The van der Waals surface area contributed by atoms with E-state index in [1.165, 1.54) is 15.6 Å². The topological polar surface area (TPSA) is 99.2 Å².